The highest BCUT2D eigenvalue weighted by Crippen LogP contribution is 2.31. The molecule has 0 aliphatic carbocycles. The van der Waals surface area contributed by atoms with E-state index in [1.165, 1.54) is 12.5 Å². The predicted octanol–water partition coefficient (Wildman–Crippen LogP) is 2.83. The lowest BCUT2D eigenvalue weighted by atomic mass is 10.0. The lowest BCUT2D eigenvalue weighted by molar-refractivity contribution is 0.0599. The van der Waals surface area contributed by atoms with Crippen LogP contribution in [0.15, 0.2) is 47.5 Å². The van der Waals surface area contributed by atoms with Crippen molar-refractivity contribution in [2.45, 2.75) is 25.3 Å². The molecule has 1 saturated heterocycles. The molecular weight excluding hydrogens is 306 g/mol. The maximum absolute atomic E-state index is 12.7. The Kier molecular flexibility index (Phi) is 3.82. The Morgan fingerprint density at radius 3 is 3.08 bits per heavy atom. The summed E-state index contributed by atoms with van der Waals surface area (Å²) in [5.41, 5.74) is 1.41. The number of furan rings is 1. The number of aromatic nitrogens is 4. The molecule has 0 saturated carbocycles. The van der Waals surface area contributed by atoms with E-state index in [1.807, 2.05) is 17.0 Å². The van der Waals surface area contributed by atoms with E-state index in [9.17, 15) is 4.79 Å². The van der Waals surface area contributed by atoms with E-state index < -0.39 is 0 Å². The molecule has 1 unspecified atom stereocenters. The summed E-state index contributed by atoms with van der Waals surface area (Å²) in [7, 11) is 0. The van der Waals surface area contributed by atoms with Crippen molar-refractivity contribution in [3.8, 4) is 11.4 Å². The fourth-order valence-electron chi connectivity index (χ4n) is 3.06. The molecule has 0 radical (unpaired) electrons. The van der Waals surface area contributed by atoms with Crippen molar-refractivity contribution in [1.82, 2.24) is 25.1 Å². The zero-order chi connectivity index (χ0) is 16.4. The molecule has 1 aliphatic rings. The van der Waals surface area contributed by atoms with Crippen LogP contribution in [0, 0.1) is 0 Å². The Labute approximate surface area is 138 Å². The summed E-state index contributed by atoms with van der Waals surface area (Å²) in [4.78, 5) is 23.2. The van der Waals surface area contributed by atoms with Gasteiger partial charge in [0, 0.05) is 24.5 Å². The normalized spacial score (nSPS) is 17.8. The molecule has 1 aliphatic heterocycles. The molecule has 3 aromatic rings. The van der Waals surface area contributed by atoms with Crippen molar-refractivity contribution in [3.05, 3.63) is 54.5 Å². The highest BCUT2D eigenvalue weighted by molar-refractivity contribution is 5.94. The summed E-state index contributed by atoms with van der Waals surface area (Å²) in [6, 6.07) is 5.35. The Bertz CT molecular complexity index is 813. The van der Waals surface area contributed by atoms with Crippen LogP contribution in [0.5, 0.6) is 0 Å². The number of piperidine rings is 1. The van der Waals surface area contributed by atoms with Crippen LogP contribution in [0.25, 0.3) is 11.4 Å². The van der Waals surface area contributed by atoms with Gasteiger partial charge in [0.15, 0.2) is 5.82 Å². The number of carbonyl (C=O) groups excluding carboxylic acids is 1. The molecule has 0 spiro atoms. The van der Waals surface area contributed by atoms with Gasteiger partial charge >= 0.3 is 0 Å². The lowest BCUT2D eigenvalue weighted by Gasteiger charge is -2.34. The van der Waals surface area contributed by atoms with Crippen molar-refractivity contribution >= 4 is 5.91 Å². The lowest BCUT2D eigenvalue weighted by Crippen LogP contribution is -2.38. The monoisotopic (exact) mass is 323 g/mol. The Balaban J connectivity index is 1.62. The van der Waals surface area contributed by atoms with Crippen molar-refractivity contribution in [1.29, 1.82) is 0 Å². The fourth-order valence-corrected chi connectivity index (χ4v) is 3.06. The van der Waals surface area contributed by atoms with E-state index in [0.29, 0.717) is 23.8 Å². The number of hydrogen-bond donors (Lipinski definition) is 1. The quantitative estimate of drug-likeness (QED) is 0.800. The van der Waals surface area contributed by atoms with E-state index in [4.69, 9.17) is 4.42 Å². The molecule has 1 atom stereocenters. The average molecular weight is 323 g/mol. The highest BCUT2D eigenvalue weighted by atomic mass is 16.3. The fraction of sp³-hybridized carbons (Fsp3) is 0.294. The van der Waals surface area contributed by atoms with Gasteiger partial charge in [-0.1, -0.05) is 0 Å². The Hall–Kier alpha value is -2.96. The number of nitrogens with one attached hydrogen (secondary N) is 1. The largest absolute Gasteiger partial charge is 0.472 e. The molecule has 7 nitrogen and oxygen atoms in total. The van der Waals surface area contributed by atoms with Crippen LogP contribution >= 0.6 is 0 Å². The van der Waals surface area contributed by atoms with Gasteiger partial charge in [-0.05, 0) is 37.5 Å². The molecule has 24 heavy (non-hydrogen) atoms. The molecule has 1 amide bonds. The molecule has 0 aromatic carbocycles. The van der Waals surface area contributed by atoms with Crippen LogP contribution in [0.2, 0.25) is 0 Å². The van der Waals surface area contributed by atoms with Gasteiger partial charge in [0.2, 0.25) is 0 Å². The molecule has 122 valence electrons. The first-order valence-corrected chi connectivity index (χ1v) is 7.99. The second-order valence-corrected chi connectivity index (χ2v) is 5.81. The first-order valence-electron chi connectivity index (χ1n) is 7.99. The summed E-state index contributed by atoms with van der Waals surface area (Å²) < 4.78 is 5.04. The molecule has 0 bridgehead atoms. The topological polar surface area (TPSA) is 87.9 Å². The summed E-state index contributed by atoms with van der Waals surface area (Å²) in [6.07, 6.45) is 9.35. The zero-order valence-electron chi connectivity index (χ0n) is 13.1. The summed E-state index contributed by atoms with van der Waals surface area (Å²) >= 11 is 0. The average Bonchev–Trinajstić information content (AvgIpc) is 3.34. The second-order valence-electron chi connectivity index (χ2n) is 5.81. The molecule has 1 N–H and O–H groups in total. The van der Waals surface area contributed by atoms with Crippen LogP contribution in [0.4, 0.5) is 0 Å². The van der Waals surface area contributed by atoms with E-state index in [-0.39, 0.29) is 11.9 Å². The van der Waals surface area contributed by atoms with Gasteiger partial charge in [-0.2, -0.15) is 5.10 Å². The second kappa shape index (κ2) is 6.27. The highest BCUT2D eigenvalue weighted by Gasteiger charge is 2.31. The first-order chi connectivity index (χ1) is 11.8. The third-order valence-electron chi connectivity index (χ3n) is 4.27. The minimum atomic E-state index is -0.0981. The van der Waals surface area contributed by atoms with Crippen LogP contribution in [0.3, 0.4) is 0 Å². The summed E-state index contributed by atoms with van der Waals surface area (Å²) in [5, 5.41) is 7.28. The Morgan fingerprint density at radius 1 is 1.33 bits per heavy atom. The predicted molar refractivity (Wildman–Crippen MR) is 86.0 cm³/mol. The van der Waals surface area contributed by atoms with E-state index in [2.05, 4.69) is 20.2 Å². The number of nitrogens with zero attached hydrogens (tertiary/aromatic N) is 4. The minimum Gasteiger partial charge on any atom is -0.472 e. The minimum absolute atomic E-state index is 0.0345. The van der Waals surface area contributed by atoms with Crippen LogP contribution in [0.1, 0.15) is 41.5 Å². The van der Waals surface area contributed by atoms with Gasteiger partial charge in [0.25, 0.3) is 5.91 Å². The van der Waals surface area contributed by atoms with Gasteiger partial charge < -0.3 is 9.32 Å². The number of pyridine rings is 1. The third kappa shape index (κ3) is 2.68. The number of carbonyl (C=O) groups is 1. The molecule has 1 fully saturated rings. The number of hydrogen-bond acceptors (Lipinski definition) is 5. The standard InChI is InChI=1S/C17H17N5O2/c23-17(13-6-9-24-11-13)22-8-2-1-5-14(22)16-19-15(20-21-16)12-4-3-7-18-10-12/h3-4,6-7,9-11,14H,1-2,5,8H2,(H,19,20,21). The molecule has 7 heteroatoms. The Morgan fingerprint density at radius 2 is 2.29 bits per heavy atom. The number of rotatable bonds is 3. The van der Waals surface area contributed by atoms with Gasteiger partial charge in [-0.25, -0.2) is 4.98 Å². The first kappa shape index (κ1) is 14.6. The molecular formula is C17H17N5O2. The zero-order valence-corrected chi connectivity index (χ0v) is 13.1. The van der Waals surface area contributed by atoms with Gasteiger partial charge in [-0.3, -0.25) is 14.9 Å². The van der Waals surface area contributed by atoms with E-state index in [0.717, 1.165) is 24.8 Å². The van der Waals surface area contributed by atoms with Crippen molar-refractivity contribution in [2.24, 2.45) is 0 Å². The third-order valence-corrected chi connectivity index (χ3v) is 4.27. The van der Waals surface area contributed by atoms with Crippen LogP contribution in [-0.2, 0) is 0 Å². The van der Waals surface area contributed by atoms with Crippen molar-refractivity contribution in [3.63, 3.8) is 0 Å². The van der Waals surface area contributed by atoms with Gasteiger partial charge in [-0.15, -0.1) is 0 Å². The number of likely N-dealkylation sites (tertiary alicyclic amines) is 1. The molecule has 4 heterocycles. The van der Waals surface area contributed by atoms with E-state index >= 15 is 0 Å². The van der Waals surface area contributed by atoms with Crippen LogP contribution in [-0.4, -0.2) is 37.5 Å². The number of amides is 1. The molecule has 4 rings (SSSR count). The smallest absolute Gasteiger partial charge is 0.257 e. The van der Waals surface area contributed by atoms with Gasteiger partial charge in [0.1, 0.15) is 12.1 Å². The van der Waals surface area contributed by atoms with Crippen molar-refractivity contribution < 1.29 is 9.21 Å². The SMILES string of the molecule is O=C(c1ccoc1)N1CCCCC1c1nc(-c2cccnc2)n[nH]1. The van der Waals surface area contributed by atoms with Gasteiger partial charge in [0.05, 0.1) is 17.9 Å². The summed E-state index contributed by atoms with van der Waals surface area (Å²) in [6.45, 7) is 0.706. The molecule has 3 aromatic heterocycles. The summed E-state index contributed by atoms with van der Waals surface area (Å²) in [5.74, 6) is 1.28. The number of H-pyrrole nitrogens is 1. The van der Waals surface area contributed by atoms with E-state index in [1.54, 1.807) is 18.5 Å². The van der Waals surface area contributed by atoms with Crippen LogP contribution < -0.4 is 0 Å². The van der Waals surface area contributed by atoms with Crippen molar-refractivity contribution in [2.75, 3.05) is 6.54 Å². The maximum Gasteiger partial charge on any atom is 0.257 e. The number of aromatic amines is 1. The maximum atomic E-state index is 12.7.